The third-order valence-electron chi connectivity index (χ3n) is 3.32. The number of quaternary nitrogens is 1. The second-order valence-corrected chi connectivity index (χ2v) is 5.88. The number of rotatable bonds is 3. The van der Waals surface area contributed by atoms with E-state index in [0.717, 1.165) is 26.2 Å². The molecule has 0 aliphatic carbocycles. The Hall–Kier alpha value is -0.970. The molecule has 2 rings (SSSR count). The van der Waals surface area contributed by atoms with Crippen LogP contribution in [-0.2, 0) is 4.79 Å². The van der Waals surface area contributed by atoms with Gasteiger partial charge in [-0.25, -0.2) is 0 Å². The number of hydrogen-bond acceptors (Lipinski definition) is 2. The van der Waals surface area contributed by atoms with Gasteiger partial charge in [-0.05, 0) is 24.3 Å². The minimum atomic E-state index is -1.04. The first-order chi connectivity index (χ1) is 9.06. The quantitative estimate of drug-likeness (QED) is 0.809. The van der Waals surface area contributed by atoms with Crippen molar-refractivity contribution in [1.82, 2.24) is 0 Å². The maximum atomic E-state index is 11.3. The van der Waals surface area contributed by atoms with Crippen LogP contribution in [0.4, 0.5) is 11.4 Å². The van der Waals surface area contributed by atoms with E-state index in [1.807, 2.05) is 24.3 Å². The number of carbonyl (C=O) groups is 1. The van der Waals surface area contributed by atoms with Crippen molar-refractivity contribution in [2.24, 2.45) is 0 Å². The van der Waals surface area contributed by atoms with Gasteiger partial charge in [0, 0.05) is 11.4 Å². The zero-order chi connectivity index (χ0) is 13.8. The average molecular weight is 303 g/mol. The van der Waals surface area contributed by atoms with E-state index in [4.69, 9.17) is 23.2 Å². The molecular weight excluding hydrogens is 285 g/mol. The molecule has 0 unspecified atom stereocenters. The van der Waals surface area contributed by atoms with Crippen LogP contribution in [0.2, 0.25) is 0 Å². The molecule has 1 aromatic rings. The molecule has 0 atom stereocenters. The van der Waals surface area contributed by atoms with Crippen molar-refractivity contribution in [3.8, 4) is 0 Å². The molecule has 1 aromatic carbocycles. The van der Waals surface area contributed by atoms with E-state index in [0.29, 0.717) is 5.69 Å². The maximum absolute atomic E-state index is 11.3. The SMILES string of the molecule is C[NH+]1CCN(c2ccc(NC(=O)C(Cl)Cl)cc2)CC1. The van der Waals surface area contributed by atoms with Gasteiger partial charge in [-0.15, -0.1) is 0 Å². The summed E-state index contributed by atoms with van der Waals surface area (Å²) in [5.74, 6) is -0.403. The molecule has 0 bridgehead atoms. The largest absolute Gasteiger partial charge is 0.360 e. The summed E-state index contributed by atoms with van der Waals surface area (Å²) in [6.45, 7) is 4.42. The number of hydrogen-bond donors (Lipinski definition) is 2. The summed E-state index contributed by atoms with van der Waals surface area (Å²) in [6.07, 6.45) is 0. The zero-order valence-corrected chi connectivity index (χ0v) is 12.3. The molecule has 1 saturated heterocycles. The molecule has 6 heteroatoms. The number of benzene rings is 1. The van der Waals surface area contributed by atoms with E-state index in [2.05, 4.69) is 17.3 Å². The van der Waals surface area contributed by atoms with Crippen molar-refractivity contribution in [3.05, 3.63) is 24.3 Å². The Morgan fingerprint density at radius 1 is 1.26 bits per heavy atom. The molecule has 1 heterocycles. The van der Waals surface area contributed by atoms with Gasteiger partial charge in [0.2, 0.25) is 0 Å². The van der Waals surface area contributed by atoms with Gasteiger partial charge >= 0.3 is 0 Å². The van der Waals surface area contributed by atoms with Crippen molar-refractivity contribution in [2.75, 3.05) is 43.4 Å². The van der Waals surface area contributed by atoms with Crippen molar-refractivity contribution in [1.29, 1.82) is 0 Å². The Morgan fingerprint density at radius 2 is 1.84 bits per heavy atom. The lowest BCUT2D eigenvalue weighted by molar-refractivity contribution is -0.880. The maximum Gasteiger partial charge on any atom is 0.257 e. The molecule has 0 radical (unpaired) electrons. The van der Waals surface area contributed by atoms with Crippen LogP contribution in [0.5, 0.6) is 0 Å². The highest BCUT2D eigenvalue weighted by Gasteiger charge is 2.17. The minimum absolute atomic E-state index is 0.403. The third kappa shape index (κ3) is 4.00. The van der Waals surface area contributed by atoms with Gasteiger partial charge in [0.15, 0.2) is 4.84 Å². The standard InChI is InChI=1S/C13H17Cl2N3O/c1-17-6-8-18(9-7-17)11-4-2-10(3-5-11)16-13(19)12(14)15/h2-5,12H,6-9H2,1H3,(H,16,19)/p+1. The number of alkyl halides is 2. The number of likely N-dealkylation sites (N-methyl/N-ethyl adjacent to an activating group) is 1. The molecule has 19 heavy (non-hydrogen) atoms. The normalized spacial score (nSPS) is 16.7. The Bertz CT molecular complexity index is 428. The van der Waals surface area contributed by atoms with Gasteiger partial charge in [0.1, 0.15) is 0 Å². The Kier molecular flexibility index (Phi) is 4.91. The number of nitrogens with zero attached hydrogens (tertiary/aromatic N) is 1. The molecule has 0 aromatic heterocycles. The van der Waals surface area contributed by atoms with Crippen LogP contribution in [0.3, 0.4) is 0 Å². The predicted molar refractivity (Wildman–Crippen MR) is 79.4 cm³/mol. The molecule has 1 fully saturated rings. The lowest BCUT2D eigenvalue weighted by Gasteiger charge is -2.31. The summed E-state index contributed by atoms with van der Waals surface area (Å²) in [6, 6.07) is 7.75. The van der Waals surface area contributed by atoms with Crippen LogP contribution in [0.15, 0.2) is 24.3 Å². The van der Waals surface area contributed by atoms with Crippen LogP contribution >= 0.6 is 23.2 Å². The number of piperazine rings is 1. The zero-order valence-electron chi connectivity index (χ0n) is 10.8. The summed E-state index contributed by atoms with van der Waals surface area (Å²) in [5, 5.41) is 2.65. The second-order valence-electron chi connectivity index (χ2n) is 4.78. The van der Waals surface area contributed by atoms with Crippen LogP contribution in [0.1, 0.15) is 0 Å². The Balaban J connectivity index is 1.96. The molecule has 0 spiro atoms. The van der Waals surface area contributed by atoms with Crippen molar-refractivity contribution in [3.63, 3.8) is 0 Å². The number of halogens is 2. The topological polar surface area (TPSA) is 36.8 Å². The Morgan fingerprint density at radius 3 is 2.37 bits per heavy atom. The van der Waals surface area contributed by atoms with E-state index >= 15 is 0 Å². The molecule has 1 amide bonds. The Labute approximate surface area is 123 Å². The monoisotopic (exact) mass is 302 g/mol. The first-order valence-electron chi connectivity index (χ1n) is 6.31. The van der Waals surface area contributed by atoms with Crippen LogP contribution in [0, 0.1) is 0 Å². The molecule has 104 valence electrons. The highest BCUT2D eigenvalue weighted by atomic mass is 35.5. The number of amides is 1. The molecular formula is C13H18Cl2N3O+. The van der Waals surface area contributed by atoms with Gasteiger partial charge in [0.05, 0.1) is 33.2 Å². The smallest absolute Gasteiger partial charge is 0.257 e. The van der Waals surface area contributed by atoms with E-state index in [9.17, 15) is 4.79 Å². The summed E-state index contributed by atoms with van der Waals surface area (Å²) >= 11 is 11.0. The van der Waals surface area contributed by atoms with E-state index in [1.54, 1.807) is 4.90 Å². The van der Waals surface area contributed by atoms with Crippen LogP contribution in [0.25, 0.3) is 0 Å². The molecule has 1 aliphatic rings. The first kappa shape index (κ1) is 14.4. The number of anilines is 2. The lowest BCUT2D eigenvalue weighted by atomic mass is 10.2. The fourth-order valence-corrected chi connectivity index (χ4v) is 2.21. The fourth-order valence-electron chi connectivity index (χ4n) is 2.10. The minimum Gasteiger partial charge on any atom is -0.360 e. The van der Waals surface area contributed by atoms with Gasteiger partial charge in [-0.3, -0.25) is 4.79 Å². The van der Waals surface area contributed by atoms with Gasteiger partial charge in [-0.1, -0.05) is 23.2 Å². The molecule has 2 N–H and O–H groups in total. The lowest BCUT2D eigenvalue weighted by Crippen LogP contribution is -3.12. The van der Waals surface area contributed by atoms with E-state index in [-0.39, 0.29) is 0 Å². The first-order valence-corrected chi connectivity index (χ1v) is 7.19. The van der Waals surface area contributed by atoms with Gasteiger partial charge < -0.3 is 15.1 Å². The summed E-state index contributed by atoms with van der Waals surface area (Å²) in [7, 11) is 2.21. The van der Waals surface area contributed by atoms with Crippen molar-refractivity contribution in [2.45, 2.75) is 4.84 Å². The van der Waals surface area contributed by atoms with Gasteiger partial charge in [-0.2, -0.15) is 0 Å². The molecule has 4 nitrogen and oxygen atoms in total. The third-order valence-corrected chi connectivity index (χ3v) is 3.71. The highest BCUT2D eigenvalue weighted by molar-refractivity contribution is 6.54. The highest BCUT2D eigenvalue weighted by Crippen LogP contribution is 2.18. The van der Waals surface area contributed by atoms with Crippen molar-refractivity contribution >= 4 is 40.5 Å². The van der Waals surface area contributed by atoms with E-state index < -0.39 is 10.7 Å². The fraction of sp³-hybridized carbons (Fsp3) is 0.462. The summed E-state index contributed by atoms with van der Waals surface area (Å²) in [4.78, 5) is 14.2. The van der Waals surface area contributed by atoms with Crippen LogP contribution in [-0.4, -0.2) is 44.0 Å². The van der Waals surface area contributed by atoms with Gasteiger partial charge in [0.25, 0.3) is 5.91 Å². The van der Waals surface area contributed by atoms with Crippen LogP contribution < -0.4 is 15.1 Å². The molecule has 1 aliphatic heterocycles. The summed E-state index contributed by atoms with van der Waals surface area (Å²) < 4.78 is 0. The second kappa shape index (κ2) is 6.46. The van der Waals surface area contributed by atoms with E-state index in [1.165, 1.54) is 5.69 Å². The summed E-state index contributed by atoms with van der Waals surface area (Å²) in [5.41, 5.74) is 1.89. The van der Waals surface area contributed by atoms with Crippen molar-refractivity contribution < 1.29 is 9.69 Å². The number of nitrogens with one attached hydrogen (secondary N) is 2. The predicted octanol–water partition coefficient (Wildman–Crippen LogP) is 0.764. The average Bonchev–Trinajstić information content (AvgIpc) is 2.40. The number of carbonyl (C=O) groups excluding carboxylic acids is 1. The molecule has 0 saturated carbocycles.